The zero-order valence-electron chi connectivity index (χ0n) is 12.5. The number of aromatic nitrogens is 3. The van der Waals surface area contributed by atoms with Crippen LogP contribution in [0.4, 0.5) is 4.39 Å². The van der Waals surface area contributed by atoms with Crippen molar-refractivity contribution in [1.82, 2.24) is 14.4 Å². The van der Waals surface area contributed by atoms with E-state index in [1.54, 1.807) is 18.3 Å². The first-order chi connectivity index (χ1) is 11.8. The Kier molecular flexibility index (Phi) is 3.56. The first kappa shape index (κ1) is 14.5. The monoisotopic (exact) mass is 334 g/mol. The molecule has 0 fully saturated rings. The van der Waals surface area contributed by atoms with E-state index in [2.05, 4.69) is 16.0 Å². The molecule has 0 saturated carbocycles. The Morgan fingerprint density at radius 1 is 1.17 bits per heavy atom. The molecule has 0 radical (unpaired) electrons. The largest absolute Gasteiger partial charge is 0.285 e. The third kappa shape index (κ3) is 2.36. The van der Waals surface area contributed by atoms with Gasteiger partial charge in [0.1, 0.15) is 11.5 Å². The Morgan fingerprint density at radius 3 is 2.71 bits per heavy atom. The van der Waals surface area contributed by atoms with Crippen LogP contribution in [0, 0.1) is 17.1 Å². The summed E-state index contributed by atoms with van der Waals surface area (Å²) >= 11 is 1.49. The van der Waals surface area contributed by atoms with Gasteiger partial charge in [0.25, 0.3) is 0 Å². The van der Waals surface area contributed by atoms with Crippen LogP contribution in [0.15, 0.2) is 54.0 Å². The van der Waals surface area contributed by atoms with Gasteiger partial charge in [0.15, 0.2) is 4.96 Å². The standard InChI is InChI=1S/C18H11FN4S/c19-13-6-4-12(5-7-13)16-11-24-18-22-17(14-3-1-2-10-21-14)15(8-9-20)23(16)18/h1-7,10-11H,8H2. The van der Waals surface area contributed by atoms with Gasteiger partial charge in [-0.05, 0) is 42.0 Å². The normalized spacial score (nSPS) is 10.8. The number of imidazole rings is 1. The minimum Gasteiger partial charge on any atom is -0.285 e. The number of fused-ring (bicyclic) bond motifs is 1. The summed E-state index contributed by atoms with van der Waals surface area (Å²) in [6.07, 6.45) is 1.93. The fraction of sp³-hybridized carbons (Fsp3) is 0.0556. The molecule has 0 atom stereocenters. The Labute approximate surface area is 141 Å². The van der Waals surface area contributed by atoms with Crippen molar-refractivity contribution in [3.05, 3.63) is 65.6 Å². The van der Waals surface area contributed by atoms with Crippen molar-refractivity contribution in [2.45, 2.75) is 6.42 Å². The maximum absolute atomic E-state index is 13.2. The zero-order valence-corrected chi connectivity index (χ0v) is 13.3. The zero-order chi connectivity index (χ0) is 16.5. The number of benzene rings is 1. The highest BCUT2D eigenvalue weighted by Gasteiger charge is 2.19. The van der Waals surface area contributed by atoms with Crippen molar-refractivity contribution >= 4 is 16.3 Å². The van der Waals surface area contributed by atoms with Gasteiger partial charge in [0, 0.05) is 11.6 Å². The topological polar surface area (TPSA) is 54.0 Å². The van der Waals surface area contributed by atoms with Gasteiger partial charge in [0.05, 0.1) is 29.6 Å². The van der Waals surface area contributed by atoms with E-state index in [1.165, 1.54) is 23.5 Å². The third-order valence-corrected chi connectivity index (χ3v) is 4.58. The lowest BCUT2D eigenvalue weighted by molar-refractivity contribution is 0.628. The molecule has 0 aliphatic rings. The highest BCUT2D eigenvalue weighted by Crippen LogP contribution is 2.32. The van der Waals surface area contributed by atoms with Crippen molar-refractivity contribution in [2.24, 2.45) is 0 Å². The molecule has 4 rings (SSSR count). The summed E-state index contributed by atoms with van der Waals surface area (Å²) in [4.78, 5) is 9.80. The minimum absolute atomic E-state index is 0.220. The molecule has 0 bridgehead atoms. The molecule has 3 aromatic heterocycles. The first-order valence-corrected chi connectivity index (χ1v) is 8.19. The molecule has 0 N–H and O–H groups in total. The molecule has 0 aliphatic heterocycles. The Balaban J connectivity index is 1.96. The first-order valence-electron chi connectivity index (χ1n) is 7.31. The average molecular weight is 334 g/mol. The van der Waals surface area contributed by atoms with E-state index < -0.39 is 0 Å². The molecule has 0 amide bonds. The number of nitriles is 1. The summed E-state index contributed by atoms with van der Waals surface area (Å²) in [5, 5.41) is 11.2. The van der Waals surface area contributed by atoms with E-state index in [9.17, 15) is 9.65 Å². The molecule has 0 aliphatic carbocycles. The van der Waals surface area contributed by atoms with Gasteiger partial charge in [-0.25, -0.2) is 9.37 Å². The number of hydrogen-bond donors (Lipinski definition) is 0. The Bertz CT molecular complexity index is 1040. The lowest BCUT2D eigenvalue weighted by Gasteiger charge is -2.04. The van der Waals surface area contributed by atoms with E-state index in [0.29, 0.717) is 5.69 Å². The van der Waals surface area contributed by atoms with Crippen LogP contribution < -0.4 is 0 Å². The smallest absolute Gasteiger partial charge is 0.195 e. The molecule has 3 heterocycles. The van der Waals surface area contributed by atoms with Crippen LogP contribution in [-0.2, 0) is 6.42 Å². The second-order valence-corrected chi connectivity index (χ2v) is 6.04. The van der Waals surface area contributed by atoms with E-state index in [-0.39, 0.29) is 12.2 Å². The Morgan fingerprint density at radius 2 is 2.00 bits per heavy atom. The van der Waals surface area contributed by atoms with Crippen molar-refractivity contribution in [1.29, 1.82) is 5.26 Å². The molecular weight excluding hydrogens is 323 g/mol. The van der Waals surface area contributed by atoms with E-state index >= 15 is 0 Å². The highest BCUT2D eigenvalue weighted by atomic mass is 32.1. The van der Waals surface area contributed by atoms with Gasteiger partial charge in [0.2, 0.25) is 0 Å². The fourth-order valence-corrected chi connectivity index (χ4v) is 3.60. The molecule has 0 unspecified atom stereocenters. The lowest BCUT2D eigenvalue weighted by Crippen LogP contribution is -1.96. The Hall–Kier alpha value is -3.04. The molecular formula is C18H11FN4S. The molecule has 116 valence electrons. The number of halogens is 1. The van der Waals surface area contributed by atoms with Crippen molar-refractivity contribution < 1.29 is 4.39 Å². The number of thiazole rings is 1. The molecule has 6 heteroatoms. The van der Waals surface area contributed by atoms with Crippen molar-refractivity contribution in [3.63, 3.8) is 0 Å². The van der Waals surface area contributed by atoms with Crippen molar-refractivity contribution in [3.8, 4) is 28.7 Å². The van der Waals surface area contributed by atoms with Gasteiger partial charge >= 0.3 is 0 Å². The fourth-order valence-electron chi connectivity index (χ4n) is 2.68. The summed E-state index contributed by atoms with van der Waals surface area (Å²) in [6, 6.07) is 14.1. The maximum Gasteiger partial charge on any atom is 0.195 e. The summed E-state index contributed by atoms with van der Waals surface area (Å²) < 4.78 is 15.2. The third-order valence-electron chi connectivity index (χ3n) is 3.75. The quantitative estimate of drug-likeness (QED) is 0.560. The predicted octanol–water partition coefficient (Wildman–Crippen LogP) is 4.33. The number of hydrogen-bond acceptors (Lipinski definition) is 4. The van der Waals surface area contributed by atoms with Gasteiger partial charge in [-0.1, -0.05) is 6.07 Å². The SMILES string of the molecule is N#CCc1c(-c2ccccn2)nc2scc(-c3ccc(F)cc3)n12. The van der Waals surface area contributed by atoms with Crippen LogP contribution in [0.1, 0.15) is 5.69 Å². The highest BCUT2D eigenvalue weighted by molar-refractivity contribution is 7.15. The van der Waals surface area contributed by atoms with E-state index in [1.807, 2.05) is 28.0 Å². The van der Waals surface area contributed by atoms with Gasteiger partial charge in [-0.3, -0.25) is 9.38 Å². The van der Waals surface area contributed by atoms with Gasteiger partial charge in [-0.15, -0.1) is 11.3 Å². The molecule has 24 heavy (non-hydrogen) atoms. The lowest BCUT2D eigenvalue weighted by atomic mass is 10.1. The second-order valence-electron chi connectivity index (χ2n) is 5.20. The van der Waals surface area contributed by atoms with E-state index in [4.69, 9.17) is 0 Å². The van der Waals surface area contributed by atoms with Gasteiger partial charge < -0.3 is 0 Å². The minimum atomic E-state index is -0.276. The number of pyridine rings is 1. The van der Waals surface area contributed by atoms with Crippen LogP contribution in [0.3, 0.4) is 0 Å². The van der Waals surface area contributed by atoms with Gasteiger partial charge in [-0.2, -0.15) is 5.26 Å². The number of rotatable bonds is 3. The maximum atomic E-state index is 13.2. The van der Waals surface area contributed by atoms with Crippen LogP contribution >= 0.6 is 11.3 Å². The summed E-state index contributed by atoms with van der Waals surface area (Å²) in [7, 11) is 0. The average Bonchev–Trinajstić information content (AvgIpc) is 3.17. The van der Waals surface area contributed by atoms with Crippen LogP contribution in [0.5, 0.6) is 0 Å². The summed E-state index contributed by atoms with van der Waals surface area (Å²) in [5.74, 6) is -0.276. The molecule has 0 spiro atoms. The van der Waals surface area contributed by atoms with Crippen LogP contribution in [0.25, 0.3) is 27.6 Å². The van der Waals surface area contributed by atoms with E-state index in [0.717, 1.165) is 27.6 Å². The molecule has 4 aromatic rings. The van der Waals surface area contributed by atoms with Crippen LogP contribution in [-0.4, -0.2) is 14.4 Å². The molecule has 0 saturated heterocycles. The van der Waals surface area contributed by atoms with Crippen LogP contribution in [0.2, 0.25) is 0 Å². The second kappa shape index (κ2) is 5.87. The van der Waals surface area contributed by atoms with Crippen molar-refractivity contribution in [2.75, 3.05) is 0 Å². The summed E-state index contributed by atoms with van der Waals surface area (Å²) in [6.45, 7) is 0. The predicted molar refractivity (Wildman–Crippen MR) is 91.0 cm³/mol. The summed E-state index contributed by atoms with van der Waals surface area (Å²) in [5.41, 5.74) is 4.03. The number of nitrogens with zero attached hydrogens (tertiary/aromatic N) is 4. The molecule has 4 nitrogen and oxygen atoms in total. The molecule has 1 aromatic carbocycles.